The number of nitro groups is 1. The molecule has 0 amide bonds. The summed E-state index contributed by atoms with van der Waals surface area (Å²) in [6.45, 7) is 3.52. The highest BCUT2D eigenvalue weighted by atomic mass is 32.2. The minimum absolute atomic E-state index is 0.0980. The highest BCUT2D eigenvalue weighted by Gasteiger charge is 2.32. The van der Waals surface area contributed by atoms with Crippen molar-refractivity contribution < 1.29 is 17.8 Å². The van der Waals surface area contributed by atoms with Gasteiger partial charge in [0.2, 0.25) is 10.0 Å². The first-order valence-electron chi connectivity index (χ1n) is 6.63. The minimum atomic E-state index is -3.98. The topological polar surface area (TPSA) is 93.7 Å². The van der Waals surface area contributed by atoms with Crippen LogP contribution in [-0.2, 0) is 16.6 Å². The van der Waals surface area contributed by atoms with Gasteiger partial charge in [-0.3, -0.25) is 10.1 Å². The van der Waals surface area contributed by atoms with Gasteiger partial charge < -0.3 is 4.42 Å². The van der Waals surface area contributed by atoms with Crippen molar-refractivity contribution in [2.75, 3.05) is 6.54 Å². The quantitative estimate of drug-likeness (QED) is 0.601. The van der Waals surface area contributed by atoms with E-state index < -0.39 is 20.6 Å². The van der Waals surface area contributed by atoms with Crippen molar-refractivity contribution in [1.82, 2.24) is 4.31 Å². The van der Waals surface area contributed by atoms with Crippen molar-refractivity contribution >= 4 is 15.7 Å². The summed E-state index contributed by atoms with van der Waals surface area (Å²) in [7, 11) is -3.98. The summed E-state index contributed by atoms with van der Waals surface area (Å²) in [5.74, 6) is 0. The maximum absolute atomic E-state index is 12.8. The standard InChI is InChI=1S/C14H16N2O5S/c1-3-15(9-12-7-8-21-10-12)22(19,20)14-11(2)5-4-6-13(14)16(17)18/h4-8,10H,3,9H2,1-2H3. The molecule has 0 atom stereocenters. The van der Waals surface area contributed by atoms with E-state index in [1.807, 2.05) is 0 Å². The van der Waals surface area contributed by atoms with Gasteiger partial charge in [-0.15, -0.1) is 0 Å². The van der Waals surface area contributed by atoms with E-state index in [0.717, 1.165) is 0 Å². The highest BCUT2D eigenvalue weighted by molar-refractivity contribution is 7.89. The number of furan rings is 1. The molecule has 0 aliphatic heterocycles. The third-order valence-corrected chi connectivity index (χ3v) is 5.39. The average Bonchev–Trinajstić information content (AvgIpc) is 2.96. The van der Waals surface area contributed by atoms with Crippen LogP contribution >= 0.6 is 0 Å². The fourth-order valence-electron chi connectivity index (χ4n) is 2.20. The second kappa shape index (κ2) is 6.29. The van der Waals surface area contributed by atoms with Crippen molar-refractivity contribution in [3.63, 3.8) is 0 Å². The van der Waals surface area contributed by atoms with E-state index in [1.165, 1.54) is 29.0 Å². The molecule has 1 aromatic carbocycles. The number of hydrogen-bond acceptors (Lipinski definition) is 5. The molecule has 2 rings (SSSR count). The van der Waals surface area contributed by atoms with Crippen LogP contribution in [0.2, 0.25) is 0 Å². The molecule has 0 fully saturated rings. The lowest BCUT2D eigenvalue weighted by Crippen LogP contribution is -2.31. The Balaban J connectivity index is 2.51. The number of sulfonamides is 1. The second-order valence-electron chi connectivity index (χ2n) is 4.74. The van der Waals surface area contributed by atoms with Gasteiger partial charge in [-0.05, 0) is 18.6 Å². The maximum atomic E-state index is 12.8. The van der Waals surface area contributed by atoms with Crippen LogP contribution in [0.4, 0.5) is 5.69 Å². The maximum Gasteiger partial charge on any atom is 0.289 e. The third-order valence-electron chi connectivity index (χ3n) is 3.28. The number of nitro benzene ring substituents is 1. The molecule has 0 aliphatic carbocycles. The van der Waals surface area contributed by atoms with Gasteiger partial charge in [-0.2, -0.15) is 4.31 Å². The fraction of sp³-hybridized carbons (Fsp3) is 0.286. The molecule has 0 unspecified atom stereocenters. The number of aryl methyl sites for hydroxylation is 1. The summed E-state index contributed by atoms with van der Waals surface area (Å²) >= 11 is 0. The van der Waals surface area contributed by atoms with Gasteiger partial charge >= 0.3 is 0 Å². The Hall–Kier alpha value is -2.19. The smallest absolute Gasteiger partial charge is 0.289 e. The zero-order valence-electron chi connectivity index (χ0n) is 12.2. The molecular formula is C14H16N2O5S. The Bertz CT molecular complexity index is 769. The number of nitrogens with zero attached hydrogens (tertiary/aromatic N) is 2. The molecule has 22 heavy (non-hydrogen) atoms. The minimum Gasteiger partial charge on any atom is -0.472 e. The van der Waals surface area contributed by atoms with E-state index in [1.54, 1.807) is 26.0 Å². The third kappa shape index (κ3) is 3.02. The van der Waals surface area contributed by atoms with Crippen molar-refractivity contribution in [1.29, 1.82) is 0 Å². The van der Waals surface area contributed by atoms with E-state index in [-0.39, 0.29) is 18.0 Å². The molecule has 1 aromatic heterocycles. The summed E-state index contributed by atoms with van der Waals surface area (Å²) in [4.78, 5) is 10.2. The van der Waals surface area contributed by atoms with E-state index in [0.29, 0.717) is 11.1 Å². The first-order chi connectivity index (χ1) is 10.4. The van der Waals surface area contributed by atoms with E-state index in [2.05, 4.69) is 0 Å². The molecule has 0 radical (unpaired) electrons. The van der Waals surface area contributed by atoms with Crippen LogP contribution in [0.3, 0.4) is 0 Å². The van der Waals surface area contributed by atoms with E-state index >= 15 is 0 Å². The zero-order chi connectivity index (χ0) is 16.3. The lowest BCUT2D eigenvalue weighted by Gasteiger charge is -2.20. The predicted molar refractivity (Wildman–Crippen MR) is 79.8 cm³/mol. The van der Waals surface area contributed by atoms with Crippen molar-refractivity contribution in [2.24, 2.45) is 0 Å². The van der Waals surface area contributed by atoms with Gasteiger partial charge in [-0.25, -0.2) is 8.42 Å². The highest BCUT2D eigenvalue weighted by Crippen LogP contribution is 2.30. The van der Waals surface area contributed by atoms with Gasteiger partial charge in [0.1, 0.15) is 0 Å². The first-order valence-corrected chi connectivity index (χ1v) is 8.07. The molecule has 2 aromatic rings. The molecule has 0 saturated heterocycles. The normalized spacial score (nSPS) is 11.8. The largest absolute Gasteiger partial charge is 0.472 e. The zero-order valence-corrected chi connectivity index (χ0v) is 13.0. The monoisotopic (exact) mass is 324 g/mol. The summed E-state index contributed by atoms with van der Waals surface area (Å²) in [5.41, 5.74) is 0.618. The Morgan fingerprint density at radius 3 is 2.59 bits per heavy atom. The van der Waals surface area contributed by atoms with Crippen LogP contribution < -0.4 is 0 Å². The van der Waals surface area contributed by atoms with Crippen molar-refractivity contribution in [2.45, 2.75) is 25.3 Å². The van der Waals surface area contributed by atoms with E-state index in [9.17, 15) is 18.5 Å². The molecule has 1 heterocycles. The van der Waals surface area contributed by atoms with Gasteiger partial charge in [0.05, 0.1) is 17.4 Å². The summed E-state index contributed by atoms with van der Waals surface area (Å²) in [5, 5.41) is 11.2. The SMILES string of the molecule is CCN(Cc1ccoc1)S(=O)(=O)c1c(C)cccc1[N+](=O)[O-]. The second-order valence-corrected chi connectivity index (χ2v) is 6.62. The van der Waals surface area contributed by atoms with Crippen LogP contribution in [0.1, 0.15) is 18.1 Å². The Kier molecular flexibility index (Phi) is 4.62. The molecular weight excluding hydrogens is 308 g/mol. The molecule has 118 valence electrons. The Labute approximate surface area is 128 Å². The Morgan fingerprint density at radius 2 is 2.05 bits per heavy atom. The van der Waals surface area contributed by atoms with Crippen LogP contribution in [0.5, 0.6) is 0 Å². The number of rotatable bonds is 6. The van der Waals surface area contributed by atoms with Crippen molar-refractivity contribution in [3.05, 3.63) is 58.0 Å². The number of benzene rings is 1. The first kappa shape index (κ1) is 16.2. The van der Waals surface area contributed by atoms with Gasteiger partial charge in [0.25, 0.3) is 5.69 Å². The Morgan fingerprint density at radius 1 is 1.32 bits per heavy atom. The number of hydrogen-bond donors (Lipinski definition) is 0. The predicted octanol–water partition coefficient (Wildman–Crippen LogP) is 2.71. The molecule has 0 saturated carbocycles. The molecule has 8 heteroatoms. The van der Waals surface area contributed by atoms with Gasteiger partial charge in [-0.1, -0.05) is 19.1 Å². The van der Waals surface area contributed by atoms with Crippen LogP contribution in [-0.4, -0.2) is 24.2 Å². The van der Waals surface area contributed by atoms with Gasteiger partial charge in [0, 0.05) is 24.7 Å². The molecule has 7 nitrogen and oxygen atoms in total. The summed E-state index contributed by atoms with van der Waals surface area (Å²) in [6.07, 6.45) is 2.90. The molecule has 0 aliphatic rings. The fourth-order valence-corrected chi connectivity index (χ4v) is 4.00. The lowest BCUT2D eigenvalue weighted by molar-refractivity contribution is -0.387. The molecule has 0 spiro atoms. The van der Waals surface area contributed by atoms with Gasteiger partial charge in [0.15, 0.2) is 4.90 Å². The van der Waals surface area contributed by atoms with Crippen LogP contribution in [0.15, 0.2) is 46.1 Å². The van der Waals surface area contributed by atoms with Crippen LogP contribution in [0, 0.1) is 17.0 Å². The average molecular weight is 324 g/mol. The lowest BCUT2D eigenvalue weighted by atomic mass is 10.2. The summed E-state index contributed by atoms with van der Waals surface area (Å²) in [6, 6.07) is 5.88. The molecule has 0 bridgehead atoms. The van der Waals surface area contributed by atoms with Crippen molar-refractivity contribution in [3.8, 4) is 0 Å². The summed E-state index contributed by atoms with van der Waals surface area (Å²) < 4.78 is 31.8. The van der Waals surface area contributed by atoms with E-state index in [4.69, 9.17) is 4.42 Å². The molecule has 0 N–H and O–H groups in total. The van der Waals surface area contributed by atoms with Crippen LogP contribution in [0.25, 0.3) is 0 Å².